The predicted molar refractivity (Wildman–Crippen MR) is 90.7 cm³/mol. The first-order valence-electron chi connectivity index (χ1n) is 9.11. The van der Waals surface area contributed by atoms with Gasteiger partial charge >= 0.3 is 0 Å². The lowest BCUT2D eigenvalue weighted by molar-refractivity contribution is 0.245. The fourth-order valence-corrected chi connectivity index (χ4v) is 3.93. The van der Waals surface area contributed by atoms with Crippen LogP contribution in [0, 0.1) is 5.41 Å². The molecular weight excluding hydrogens is 254 g/mol. The van der Waals surface area contributed by atoms with Crippen molar-refractivity contribution < 1.29 is 0 Å². The Hall–Kier alpha value is -0.820. The van der Waals surface area contributed by atoms with E-state index in [1.807, 2.05) is 0 Å². The van der Waals surface area contributed by atoms with Gasteiger partial charge < -0.3 is 5.32 Å². The van der Waals surface area contributed by atoms with Gasteiger partial charge in [0.15, 0.2) is 0 Å². The van der Waals surface area contributed by atoms with Crippen LogP contribution in [0.1, 0.15) is 69.4 Å². The zero-order chi connectivity index (χ0) is 14.5. The molecule has 3 rings (SSSR count). The van der Waals surface area contributed by atoms with E-state index in [9.17, 15) is 0 Å². The maximum absolute atomic E-state index is 3.72. The molecule has 0 aliphatic heterocycles. The second-order valence-corrected chi connectivity index (χ2v) is 7.36. The van der Waals surface area contributed by atoms with Gasteiger partial charge in [0, 0.05) is 6.04 Å². The monoisotopic (exact) mass is 285 g/mol. The number of hydrogen-bond donors (Lipinski definition) is 1. The summed E-state index contributed by atoms with van der Waals surface area (Å²) < 4.78 is 0. The van der Waals surface area contributed by atoms with Crippen LogP contribution in [0.5, 0.6) is 0 Å². The van der Waals surface area contributed by atoms with Gasteiger partial charge in [-0.05, 0) is 74.5 Å². The molecule has 1 aromatic carbocycles. The van der Waals surface area contributed by atoms with E-state index in [4.69, 9.17) is 0 Å². The van der Waals surface area contributed by atoms with Gasteiger partial charge in [-0.3, -0.25) is 0 Å². The first kappa shape index (κ1) is 15.1. The first-order valence-corrected chi connectivity index (χ1v) is 9.11. The number of aryl methyl sites for hydroxylation is 2. The van der Waals surface area contributed by atoms with Crippen molar-refractivity contribution in [2.45, 2.75) is 77.2 Å². The standard InChI is InChI=1S/C20H31N/c1-2-17-5-7-18(8-6-17)11-14-20(12-3-4-13-20)15-16-21-19-9-10-19/h5-8,19,21H,2-4,9-16H2,1H3. The van der Waals surface area contributed by atoms with E-state index in [0.29, 0.717) is 5.41 Å². The molecule has 0 saturated heterocycles. The van der Waals surface area contributed by atoms with Crippen molar-refractivity contribution in [1.82, 2.24) is 5.32 Å². The van der Waals surface area contributed by atoms with Crippen LogP contribution < -0.4 is 5.32 Å². The second kappa shape index (κ2) is 6.96. The number of benzene rings is 1. The van der Waals surface area contributed by atoms with Crippen molar-refractivity contribution in [3.63, 3.8) is 0 Å². The minimum absolute atomic E-state index is 0.644. The van der Waals surface area contributed by atoms with Crippen LogP contribution in [0.2, 0.25) is 0 Å². The van der Waals surface area contributed by atoms with E-state index in [1.54, 1.807) is 0 Å². The molecule has 0 heterocycles. The summed E-state index contributed by atoms with van der Waals surface area (Å²) in [5.74, 6) is 0. The van der Waals surface area contributed by atoms with Gasteiger partial charge in [-0.2, -0.15) is 0 Å². The minimum atomic E-state index is 0.644. The molecule has 0 atom stereocenters. The normalized spacial score (nSPS) is 20.8. The van der Waals surface area contributed by atoms with Crippen LogP contribution in [0.25, 0.3) is 0 Å². The Morgan fingerprint density at radius 1 is 1.00 bits per heavy atom. The van der Waals surface area contributed by atoms with Crippen molar-refractivity contribution in [2.75, 3.05) is 6.54 Å². The van der Waals surface area contributed by atoms with E-state index in [1.165, 1.54) is 75.5 Å². The van der Waals surface area contributed by atoms with E-state index >= 15 is 0 Å². The lowest BCUT2D eigenvalue weighted by atomic mass is 9.77. The highest BCUT2D eigenvalue weighted by atomic mass is 14.9. The van der Waals surface area contributed by atoms with Gasteiger partial charge in [0.25, 0.3) is 0 Å². The second-order valence-electron chi connectivity index (χ2n) is 7.36. The molecule has 0 radical (unpaired) electrons. The van der Waals surface area contributed by atoms with Crippen LogP contribution in [-0.4, -0.2) is 12.6 Å². The van der Waals surface area contributed by atoms with Crippen molar-refractivity contribution in [3.05, 3.63) is 35.4 Å². The average molecular weight is 285 g/mol. The molecule has 2 aliphatic carbocycles. The van der Waals surface area contributed by atoms with Gasteiger partial charge in [-0.1, -0.05) is 44.0 Å². The summed E-state index contributed by atoms with van der Waals surface area (Å²) in [6, 6.07) is 10.2. The third kappa shape index (κ3) is 4.32. The smallest absolute Gasteiger partial charge is 0.00682 e. The topological polar surface area (TPSA) is 12.0 Å². The van der Waals surface area contributed by atoms with E-state index in [-0.39, 0.29) is 0 Å². The zero-order valence-electron chi connectivity index (χ0n) is 13.7. The number of hydrogen-bond acceptors (Lipinski definition) is 1. The summed E-state index contributed by atoms with van der Waals surface area (Å²) in [6.07, 6.45) is 13.9. The van der Waals surface area contributed by atoms with Crippen LogP contribution in [0.4, 0.5) is 0 Å². The van der Waals surface area contributed by atoms with Gasteiger partial charge in [0.1, 0.15) is 0 Å². The van der Waals surface area contributed by atoms with Crippen molar-refractivity contribution in [1.29, 1.82) is 0 Å². The van der Waals surface area contributed by atoms with Crippen LogP contribution in [-0.2, 0) is 12.8 Å². The molecular formula is C20H31N. The van der Waals surface area contributed by atoms with Gasteiger partial charge in [-0.15, -0.1) is 0 Å². The quantitative estimate of drug-likeness (QED) is 0.717. The number of nitrogens with one attached hydrogen (secondary N) is 1. The Morgan fingerprint density at radius 3 is 2.29 bits per heavy atom. The Bertz CT molecular complexity index is 424. The highest BCUT2D eigenvalue weighted by Crippen LogP contribution is 2.44. The first-order chi connectivity index (χ1) is 10.3. The molecule has 2 fully saturated rings. The molecule has 2 aliphatic rings. The molecule has 0 aromatic heterocycles. The molecule has 2 saturated carbocycles. The predicted octanol–water partition coefficient (Wildman–Crippen LogP) is 4.88. The summed E-state index contributed by atoms with van der Waals surface area (Å²) in [7, 11) is 0. The molecule has 0 unspecified atom stereocenters. The summed E-state index contributed by atoms with van der Waals surface area (Å²) in [5.41, 5.74) is 3.64. The summed E-state index contributed by atoms with van der Waals surface area (Å²) >= 11 is 0. The molecule has 21 heavy (non-hydrogen) atoms. The maximum atomic E-state index is 3.72. The summed E-state index contributed by atoms with van der Waals surface area (Å²) in [5, 5.41) is 3.72. The Kier molecular flexibility index (Phi) is 5.00. The molecule has 116 valence electrons. The van der Waals surface area contributed by atoms with Crippen molar-refractivity contribution in [2.24, 2.45) is 5.41 Å². The minimum Gasteiger partial charge on any atom is -0.314 e. The lowest BCUT2D eigenvalue weighted by Gasteiger charge is -2.29. The Labute approximate surface area is 130 Å². The highest BCUT2D eigenvalue weighted by molar-refractivity contribution is 5.22. The highest BCUT2D eigenvalue weighted by Gasteiger charge is 2.33. The van der Waals surface area contributed by atoms with Gasteiger partial charge in [0.05, 0.1) is 0 Å². The van der Waals surface area contributed by atoms with Gasteiger partial charge in [-0.25, -0.2) is 0 Å². The van der Waals surface area contributed by atoms with Crippen molar-refractivity contribution >= 4 is 0 Å². The van der Waals surface area contributed by atoms with E-state index < -0.39 is 0 Å². The molecule has 1 aromatic rings. The Morgan fingerprint density at radius 2 is 1.67 bits per heavy atom. The lowest BCUT2D eigenvalue weighted by Crippen LogP contribution is -2.26. The van der Waals surface area contributed by atoms with Crippen molar-refractivity contribution in [3.8, 4) is 0 Å². The SMILES string of the molecule is CCc1ccc(CCC2(CCNC3CC3)CCCC2)cc1. The molecule has 0 spiro atoms. The third-order valence-electron chi connectivity index (χ3n) is 5.71. The zero-order valence-corrected chi connectivity index (χ0v) is 13.7. The fourth-order valence-electron chi connectivity index (χ4n) is 3.93. The van der Waals surface area contributed by atoms with E-state index in [0.717, 1.165) is 12.5 Å². The molecule has 1 heteroatoms. The molecule has 1 N–H and O–H groups in total. The molecule has 0 bridgehead atoms. The molecule has 0 amide bonds. The van der Waals surface area contributed by atoms with Crippen LogP contribution in [0.3, 0.4) is 0 Å². The van der Waals surface area contributed by atoms with Crippen LogP contribution >= 0.6 is 0 Å². The summed E-state index contributed by atoms with van der Waals surface area (Å²) in [4.78, 5) is 0. The van der Waals surface area contributed by atoms with Gasteiger partial charge in [0.2, 0.25) is 0 Å². The Balaban J connectivity index is 1.51. The van der Waals surface area contributed by atoms with E-state index in [2.05, 4.69) is 36.5 Å². The molecule has 1 nitrogen and oxygen atoms in total. The maximum Gasteiger partial charge on any atom is 0.00682 e. The average Bonchev–Trinajstić information content (AvgIpc) is 3.23. The number of rotatable bonds is 8. The largest absolute Gasteiger partial charge is 0.314 e. The third-order valence-corrected chi connectivity index (χ3v) is 5.71. The summed E-state index contributed by atoms with van der Waals surface area (Å²) in [6.45, 7) is 3.48. The fraction of sp³-hybridized carbons (Fsp3) is 0.700. The van der Waals surface area contributed by atoms with Crippen LogP contribution in [0.15, 0.2) is 24.3 Å².